The van der Waals surface area contributed by atoms with Crippen LogP contribution >= 0.6 is 0 Å². The van der Waals surface area contributed by atoms with Crippen molar-refractivity contribution >= 4 is 16.9 Å². The average Bonchev–Trinajstić information content (AvgIpc) is 2.84. The van der Waals surface area contributed by atoms with Gasteiger partial charge in [0.2, 0.25) is 0 Å². The molecule has 5 heteroatoms. The molecular formula is C17H15NO4. The Morgan fingerprint density at radius 2 is 2.05 bits per heavy atom. The van der Waals surface area contributed by atoms with E-state index in [4.69, 9.17) is 9.15 Å². The zero-order valence-electron chi connectivity index (χ0n) is 12.3. The number of esters is 1. The largest absolute Gasteiger partial charge is 0.457 e. The molecule has 0 aliphatic rings. The molecule has 0 saturated carbocycles. The quantitative estimate of drug-likeness (QED) is 0.697. The fourth-order valence-corrected chi connectivity index (χ4v) is 2.25. The summed E-state index contributed by atoms with van der Waals surface area (Å²) in [4.78, 5) is 23.5. The molecule has 0 atom stereocenters. The minimum absolute atomic E-state index is 0.0363. The molecule has 0 fully saturated rings. The molecule has 0 N–H and O–H groups in total. The van der Waals surface area contributed by atoms with Crippen molar-refractivity contribution in [3.05, 3.63) is 69.8 Å². The van der Waals surface area contributed by atoms with Crippen LogP contribution < -0.4 is 5.56 Å². The summed E-state index contributed by atoms with van der Waals surface area (Å²) < 4.78 is 12.3. The molecule has 1 aromatic carbocycles. The van der Waals surface area contributed by atoms with Crippen LogP contribution in [0.25, 0.3) is 11.0 Å². The lowest BCUT2D eigenvalue weighted by Gasteiger charge is -2.04. The van der Waals surface area contributed by atoms with E-state index in [-0.39, 0.29) is 17.7 Å². The fourth-order valence-electron chi connectivity index (χ4n) is 2.25. The van der Waals surface area contributed by atoms with Gasteiger partial charge in [-0.05, 0) is 19.1 Å². The maximum absolute atomic E-state index is 12.0. The van der Waals surface area contributed by atoms with Crippen LogP contribution in [-0.4, -0.2) is 10.5 Å². The average molecular weight is 297 g/mol. The summed E-state index contributed by atoms with van der Waals surface area (Å²) >= 11 is 0. The van der Waals surface area contributed by atoms with Gasteiger partial charge in [-0.1, -0.05) is 18.2 Å². The van der Waals surface area contributed by atoms with Gasteiger partial charge >= 0.3 is 5.97 Å². The van der Waals surface area contributed by atoms with E-state index < -0.39 is 5.97 Å². The predicted molar refractivity (Wildman–Crippen MR) is 81.8 cm³/mol. The van der Waals surface area contributed by atoms with Gasteiger partial charge in [0.25, 0.3) is 5.56 Å². The van der Waals surface area contributed by atoms with Crippen molar-refractivity contribution < 1.29 is 13.9 Å². The maximum atomic E-state index is 12.0. The number of carbonyl (C=O) groups excluding carboxylic acids is 1. The second-order valence-corrected chi connectivity index (χ2v) is 5.09. The van der Waals surface area contributed by atoms with Crippen molar-refractivity contribution in [1.29, 1.82) is 0 Å². The number of aryl methyl sites for hydroxylation is 2. The first-order chi connectivity index (χ1) is 10.6. The van der Waals surface area contributed by atoms with Gasteiger partial charge in [-0.3, -0.25) is 4.79 Å². The highest BCUT2D eigenvalue weighted by atomic mass is 16.5. The summed E-state index contributed by atoms with van der Waals surface area (Å²) in [5.41, 5.74) is 1.69. The van der Waals surface area contributed by atoms with Gasteiger partial charge in [0.1, 0.15) is 18.0 Å². The number of ether oxygens (including phenoxy) is 1. The zero-order valence-corrected chi connectivity index (χ0v) is 12.3. The van der Waals surface area contributed by atoms with Crippen molar-refractivity contribution in [3.63, 3.8) is 0 Å². The van der Waals surface area contributed by atoms with Crippen LogP contribution in [0, 0.1) is 6.92 Å². The monoisotopic (exact) mass is 297 g/mol. The number of aromatic nitrogens is 1. The molecule has 0 aliphatic carbocycles. The first-order valence-electron chi connectivity index (χ1n) is 6.87. The first kappa shape index (κ1) is 14.1. The van der Waals surface area contributed by atoms with Crippen molar-refractivity contribution in [2.45, 2.75) is 13.5 Å². The van der Waals surface area contributed by atoms with Crippen LogP contribution in [-0.2, 0) is 18.4 Å². The third-order valence-electron chi connectivity index (χ3n) is 3.62. The van der Waals surface area contributed by atoms with E-state index in [1.54, 1.807) is 13.1 Å². The molecule has 5 nitrogen and oxygen atoms in total. The van der Waals surface area contributed by atoms with E-state index in [9.17, 15) is 9.59 Å². The molecule has 0 bridgehead atoms. The van der Waals surface area contributed by atoms with Gasteiger partial charge < -0.3 is 13.7 Å². The maximum Gasteiger partial charge on any atom is 0.338 e. The van der Waals surface area contributed by atoms with E-state index >= 15 is 0 Å². The molecule has 3 aromatic rings. The number of rotatable bonds is 3. The molecule has 3 rings (SSSR count). The lowest BCUT2D eigenvalue weighted by Crippen LogP contribution is -2.17. The van der Waals surface area contributed by atoms with Gasteiger partial charge in [0.05, 0.1) is 5.56 Å². The van der Waals surface area contributed by atoms with Crippen LogP contribution in [0.5, 0.6) is 0 Å². The summed E-state index contributed by atoms with van der Waals surface area (Å²) in [7, 11) is 1.62. The van der Waals surface area contributed by atoms with Crippen LogP contribution in [0.15, 0.2) is 51.8 Å². The topological polar surface area (TPSA) is 61.4 Å². The standard InChI is InChI=1S/C17H15NO4/c1-11-13-5-3-4-6-14(13)22-15(11)10-21-17(20)12-7-8-18(2)16(19)9-12/h3-9H,10H2,1-2H3. The number of hydrogen-bond donors (Lipinski definition) is 0. The molecular weight excluding hydrogens is 282 g/mol. The summed E-state index contributed by atoms with van der Waals surface area (Å²) in [5, 5.41) is 1.00. The Morgan fingerprint density at radius 3 is 2.77 bits per heavy atom. The number of para-hydroxylation sites is 1. The SMILES string of the molecule is Cc1c(COC(=O)c2ccn(C)c(=O)c2)oc2ccccc12. The number of carbonyl (C=O) groups is 1. The van der Waals surface area contributed by atoms with E-state index in [0.717, 1.165) is 16.5 Å². The van der Waals surface area contributed by atoms with Crippen LogP contribution in [0.1, 0.15) is 21.7 Å². The fraction of sp³-hybridized carbons (Fsp3) is 0.176. The van der Waals surface area contributed by atoms with Gasteiger partial charge in [0.15, 0.2) is 0 Å². The van der Waals surface area contributed by atoms with E-state index in [1.807, 2.05) is 31.2 Å². The van der Waals surface area contributed by atoms with Crippen LogP contribution in [0.2, 0.25) is 0 Å². The van der Waals surface area contributed by atoms with Crippen LogP contribution in [0.3, 0.4) is 0 Å². The highest BCUT2D eigenvalue weighted by molar-refractivity contribution is 5.89. The second-order valence-electron chi connectivity index (χ2n) is 5.09. The Bertz CT molecular complexity index is 904. The first-order valence-corrected chi connectivity index (χ1v) is 6.87. The van der Waals surface area contributed by atoms with Crippen molar-refractivity contribution in [1.82, 2.24) is 4.57 Å². The second kappa shape index (κ2) is 5.52. The molecule has 2 aromatic heterocycles. The number of pyridine rings is 1. The van der Waals surface area contributed by atoms with Gasteiger partial charge in [-0.15, -0.1) is 0 Å². The Kier molecular flexibility index (Phi) is 3.55. The van der Waals surface area contributed by atoms with Gasteiger partial charge in [-0.25, -0.2) is 4.79 Å². The Labute approximate surface area is 126 Å². The van der Waals surface area contributed by atoms with E-state index in [2.05, 4.69) is 0 Å². The molecule has 112 valence electrons. The normalized spacial score (nSPS) is 10.8. The van der Waals surface area contributed by atoms with Gasteiger partial charge in [-0.2, -0.15) is 0 Å². The third-order valence-corrected chi connectivity index (χ3v) is 3.62. The van der Waals surface area contributed by atoms with E-state index in [1.165, 1.54) is 16.8 Å². The molecule has 0 unspecified atom stereocenters. The predicted octanol–water partition coefficient (Wildman–Crippen LogP) is 2.80. The van der Waals surface area contributed by atoms with Crippen molar-refractivity contribution in [2.75, 3.05) is 0 Å². The smallest absolute Gasteiger partial charge is 0.338 e. The van der Waals surface area contributed by atoms with Crippen molar-refractivity contribution in [3.8, 4) is 0 Å². The van der Waals surface area contributed by atoms with Crippen molar-refractivity contribution in [2.24, 2.45) is 7.05 Å². The molecule has 0 radical (unpaired) electrons. The highest BCUT2D eigenvalue weighted by Crippen LogP contribution is 2.25. The minimum Gasteiger partial charge on any atom is -0.457 e. The Balaban J connectivity index is 1.78. The molecule has 2 heterocycles. The van der Waals surface area contributed by atoms with E-state index in [0.29, 0.717) is 5.76 Å². The van der Waals surface area contributed by atoms with Gasteiger partial charge in [0, 0.05) is 30.3 Å². The molecule has 0 saturated heterocycles. The number of furan rings is 1. The summed E-state index contributed by atoms with van der Waals surface area (Å²) in [6, 6.07) is 10.5. The third kappa shape index (κ3) is 2.53. The molecule has 0 aliphatic heterocycles. The number of hydrogen-bond acceptors (Lipinski definition) is 4. The summed E-state index contributed by atoms with van der Waals surface area (Å²) in [5.74, 6) is 0.0657. The highest BCUT2D eigenvalue weighted by Gasteiger charge is 2.13. The zero-order chi connectivity index (χ0) is 15.7. The minimum atomic E-state index is -0.544. The lowest BCUT2D eigenvalue weighted by atomic mass is 10.1. The Hall–Kier alpha value is -2.82. The molecule has 0 amide bonds. The Morgan fingerprint density at radius 1 is 1.27 bits per heavy atom. The lowest BCUT2D eigenvalue weighted by molar-refractivity contribution is 0.0446. The summed E-state index contributed by atoms with van der Waals surface area (Å²) in [6.07, 6.45) is 1.53. The number of nitrogens with zero attached hydrogens (tertiary/aromatic N) is 1. The number of benzene rings is 1. The molecule has 22 heavy (non-hydrogen) atoms. The van der Waals surface area contributed by atoms with Crippen LogP contribution in [0.4, 0.5) is 0 Å². The summed E-state index contributed by atoms with van der Waals surface area (Å²) in [6.45, 7) is 1.96. The molecule has 0 spiro atoms. The number of fused-ring (bicyclic) bond motifs is 1.